The summed E-state index contributed by atoms with van der Waals surface area (Å²) in [5, 5.41) is 11.8. The zero-order valence-electron chi connectivity index (χ0n) is 15.6. The minimum atomic E-state index is -0.281. The third-order valence-corrected chi connectivity index (χ3v) is 4.43. The number of carbonyl (C=O) groups is 2. The van der Waals surface area contributed by atoms with Crippen LogP contribution in [0, 0.1) is 0 Å². The number of nitrogens with one attached hydrogen (secondary N) is 4. The van der Waals surface area contributed by atoms with Crippen molar-refractivity contribution in [3.8, 4) is 0 Å². The van der Waals surface area contributed by atoms with Crippen LogP contribution in [0.1, 0.15) is 34.6 Å². The van der Waals surface area contributed by atoms with E-state index in [1.165, 1.54) is 0 Å². The van der Waals surface area contributed by atoms with Crippen molar-refractivity contribution < 1.29 is 9.59 Å². The van der Waals surface area contributed by atoms with Crippen LogP contribution in [0.15, 0.2) is 60.7 Å². The number of amides is 2. The van der Waals surface area contributed by atoms with Crippen LogP contribution in [0.25, 0.3) is 0 Å². The second-order valence-corrected chi connectivity index (χ2v) is 6.98. The lowest BCUT2D eigenvalue weighted by molar-refractivity contribution is 0.0967. The van der Waals surface area contributed by atoms with Crippen LogP contribution in [0.3, 0.4) is 0 Å². The molecule has 8 heteroatoms. The molecule has 2 rings (SSSR count). The number of benzene rings is 2. The predicted octanol–water partition coefficient (Wildman–Crippen LogP) is 2.37. The van der Waals surface area contributed by atoms with E-state index in [2.05, 4.69) is 21.3 Å². The molecule has 2 aromatic rings. The molecular formula is C20H22N4O2S2. The topological polar surface area (TPSA) is 82.3 Å². The number of rotatable bonds is 5. The summed E-state index contributed by atoms with van der Waals surface area (Å²) in [7, 11) is 0. The van der Waals surface area contributed by atoms with Gasteiger partial charge in [-0.2, -0.15) is 0 Å². The average molecular weight is 415 g/mol. The molecule has 4 N–H and O–H groups in total. The van der Waals surface area contributed by atoms with Gasteiger partial charge in [-0.25, -0.2) is 0 Å². The van der Waals surface area contributed by atoms with Gasteiger partial charge in [0.1, 0.15) is 0 Å². The SMILES string of the molecule is CC(NC(=S)NC(=O)c1ccccc1)C(C)NC(=S)NC(=O)c1ccccc1. The molecule has 2 unspecified atom stereocenters. The summed E-state index contributed by atoms with van der Waals surface area (Å²) in [5.74, 6) is -0.562. The first-order valence-electron chi connectivity index (χ1n) is 8.70. The summed E-state index contributed by atoms with van der Waals surface area (Å²) < 4.78 is 0. The van der Waals surface area contributed by atoms with Gasteiger partial charge in [-0.05, 0) is 62.5 Å². The standard InChI is InChI=1S/C20H22N4O2S2/c1-13(21-19(27)23-17(25)15-9-5-3-6-10-15)14(2)22-20(28)24-18(26)16-11-7-4-8-12-16/h3-14H,1-2H3,(H2,21,23,25,27)(H2,22,24,26,28). The second kappa shape index (κ2) is 10.5. The summed E-state index contributed by atoms with van der Waals surface area (Å²) in [6.45, 7) is 3.78. The van der Waals surface area contributed by atoms with Gasteiger partial charge in [-0.3, -0.25) is 20.2 Å². The van der Waals surface area contributed by atoms with Crippen molar-refractivity contribution in [3.63, 3.8) is 0 Å². The zero-order valence-corrected chi connectivity index (χ0v) is 17.2. The van der Waals surface area contributed by atoms with Crippen molar-refractivity contribution in [3.05, 3.63) is 71.8 Å². The minimum absolute atomic E-state index is 0.157. The van der Waals surface area contributed by atoms with E-state index in [0.717, 1.165) is 0 Å². The molecule has 0 saturated carbocycles. The van der Waals surface area contributed by atoms with Crippen molar-refractivity contribution in [1.29, 1.82) is 0 Å². The smallest absolute Gasteiger partial charge is 0.257 e. The Kier molecular flexibility index (Phi) is 8.03. The highest BCUT2D eigenvalue weighted by Gasteiger charge is 2.16. The van der Waals surface area contributed by atoms with Gasteiger partial charge in [-0.1, -0.05) is 36.4 Å². The van der Waals surface area contributed by atoms with Gasteiger partial charge in [0.15, 0.2) is 10.2 Å². The molecule has 2 atom stereocenters. The highest BCUT2D eigenvalue weighted by atomic mass is 32.1. The van der Waals surface area contributed by atoms with Crippen LogP contribution in [-0.4, -0.2) is 34.1 Å². The fourth-order valence-electron chi connectivity index (χ4n) is 2.27. The number of thiocarbonyl (C=S) groups is 2. The number of carbonyl (C=O) groups excluding carboxylic acids is 2. The highest BCUT2D eigenvalue weighted by molar-refractivity contribution is 7.80. The molecule has 2 amide bonds. The molecule has 0 aliphatic heterocycles. The largest absolute Gasteiger partial charge is 0.358 e. The van der Waals surface area contributed by atoms with Gasteiger partial charge in [0.25, 0.3) is 11.8 Å². The maximum Gasteiger partial charge on any atom is 0.257 e. The normalized spacial score (nSPS) is 12.2. The average Bonchev–Trinajstić information content (AvgIpc) is 2.68. The Hall–Kier alpha value is -2.84. The van der Waals surface area contributed by atoms with Gasteiger partial charge in [-0.15, -0.1) is 0 Å². The van der Waals surface area contributed by atoms with E-state index in [1.807, 2.05) is 26.0 Å². The quantitative estimate of drug-likeness (QED) is 0.563. The summed E-state index contributed by atoms with van der Waals surface area (Å²) >= 11 is 10.4. The molecule has 0 aliphatic rings. The Morgan fingerprint density at radius 1 is 0.679 bits per heavy atom. The van der Waals surface area contributed by atoms with Gasteiger partial charge >= 0.3 is 0 Å². The zero-order chi connectivity index (χ0) is 20.5. The lowest BCUT2D eigenvalue weighted by Gasteiger charge is -2.25. The molecule has 0 spiro atoms. The summed E-state index contributed by atoms with van der Waals surface area (Å²) in [5.41, 5.74) is 1.05. The van der Waals surface area contributed by atoms with Gasteiger partial charge in [0, 0.05) is 23.2 Å². The molecule has 2 aromatic carbocycles. The van der Waals surface area contributed by atoms with Crippen molar-refractivity contribution in [2.45, 2.75) is 25.9 Å². The van der Waals surface area contributed by atoms with E-state index in [0.29, 0.717) is 11.1 Å². The minimum Gasteiger partial charge on any atom is -0.358 e. The molecule has 0 radical (unpaired) electrons. The molecular weight excluding hydrogens is 392 g/mol. The van der Waals surface area contributed by atoms with E-state index in [1.54, 1.807) is 48.5 Å². The maximum absolute atomic E-state index is 12.1. The number of hydrogen-bond acceptors (Lipinski definition) is 4. The number of hydrogen-bond donors (Lipinski definition) is 4. The monoisotopic (exact) mass is 414 g/mol. The van der Waals surface area contributed by atoms with Crippen molar-refractivity contribution >= 4 is 46.5 Å². The van der Waals surface area contributed by atoms with Crippen LogP contribution in [0.4, 0.5) is 0 Å². The molecule has 0 heterocycles. The van der Waals surface area contributed by atoms with E-state index in [4.69, 9.17) is 24.4 Å². The molecule has 0 saturated heterocycles. The summed E-state index contributed by atoms with van der Waals surface area (Å²) in [6, 6.07) is 17.3. The molecule has 0 aliphatic carbocycles. The molecule has 0 fully saturated rings. The van der Waals surface area contributed by atoms with E-state index in [9.17, 15) is 9.59 Å². The van der Waals surface area contributed by atoms with Crippen molar-refractivity contribution in [2.75, 3.05) is 0 Å². The Morgan fingerprint density at radius 2 is 1.00 bits per heavy atom. The Labute approximate surface area is 175 Å². The first kappa shape index (κ1) is 21.5. The lowest BCUT2D eigenvalue weighted by atomic mass is 10.2. The fraction of sp³-hybridized carbons (Fsp3) is 0.200. The van der Waals surface area contributed by atoms with Crippen LogP contribution in [-0.2, 0) is 0 Å². The van der Waals surface area contributed by atoms with Gasteiger partial charge in [0.2, 0.25) is 0 Å². The highest BCUT2D eigenvalue weighted by Crippen LogP contribution is 2.00. The second-order valence-electron chi connectivity index (χ2n) is 6.16. The first-order chi connectivity index (χ1) is 13.4. The lowest BCUT2D eigenvalue weighted by Crippen LogP contribution is -2.54. The molecule has 146 valence electrons. The molecule has 0 aromatic heterocycles. The predicted molar refractivity (Wildman–Crippen MR) is 118 cm³/mol. The summed E-state index contributed by atoms with van der Waals surface area (Å²) in [4.78, 5) is 24.2. The molecule has 6 nitrogen and oxygen atoms in total. The van der Waals surface area contributed by atoms with Gasteiger partial charge in [0.05, 0.1) is 0 Å². The van der Waals surface area contributed by atoms with Crippen molar-refractivity contribution in [1.82, 2.24) is 21.3 Å². The molecule has 28 heavy (non-hydrogen) atoms. The van der Waals surface area contributed by atoms with Crippen LogP contribution in [0.2, 0.25) is 0 Å². The fourth-order valence-corrected chi connectivity index (χ4v) is 2.82. The van der Waals surface area contributed by atoms with Gasteiger partial charge < -0.3 is 10.6 Å². The Balaban J connectivity index is 1.79. The van der Waals surface area contributed by atoms with E-state index in [-0.39, 0.29) is 34.1 Å². The van der Waals surface area contributed by atoms with Crippen LogP contribution >= 0.6 is 24.4 Å². The van der Waals surface area contributed by atoms with E-state index >= 15 is 0 Å². The third kappa shape index (κ3) is 6.71. The Bertz CT molecular complexity index is 772. The van der Waals surface area contributed by atoms with E-state index < -0.39 is 0 Å². The maximum atomic E-state index is 12.1. The molecule has 0 bridgehead atoms. The van der Waals surface area contributed by atoms with Crippen molar-refractivity contribution in [2.24, 2.45) is 0 Å². The first-order valence-corrected chi connectivity index (χ1v) is 9.52. The third-order valence-electron chi connectivity index (χ3n) is 3.99. The summed E-state index contributed by atoms with van der Waals surface area (Å²) in [6.07, 6.45) is 0. The van der Waals surface area contributed by atoms with Crippen LogP contribution < -0.4 is 21.3 Å². The van der Waals surface area contributed by atoms with Crippen LogP contribution in [0.5, 0.6) is 0 Å². The Morgan fingerprint density at radius 3 is 1.32 bits per heavy atom.